The third kappa shape index (κ3) is 8.77. The maximum atomic E-state index is 12.0. The van der Waals surface area contributed by atoms with Crippen molar-refractivity contribution >= 4 is 47.2 Å². The largest absolute Gasteiger partial charge is 0.379 e. The molecule has 1 aliphatic rings. The molecular formula is C20H36IN5O2S. The zero-order valence-corrected chi connectivity index (χ0v) is 21.4. The minimum Gasteiger partial charge on any atom is -0.379 e. The van der Waals surface area contributed by atoms with Crippen LogP contribution < -0.4 is 10.6 Å². The van der Waals surface area contributed by atoms with Crippen molar-refractivity contribution in [3.63, 3.8) is 0 Å². The van der Waals surface area contributed by atoms with Gasteiger partial charge >= 0.3 is 0 Å². The molecule has 7 nitrogen and oxygen atoms in total. The lowest BCUT2D eigenvalue weighted by Gasteiger charge is -2.34. The molecule has 2 N–H and O–H groups in total. The van der Waals surface area contributed by atoms with Gasteiger partial charge in [0.05, 0.1) is 19.3 Å². The molecule has 2 heterocycles. The second-order valence-electron chi connectivity index (χ2n) is 7.40. The first-order valence-electron chi connectivity index (χ1n) is 10.0. The van der Waals surface area contributed by atoms with Gasteiger partial charge in [0.25, 0.3) is 0 Å². The van der Waals surface area contributed by atoms with Crippen LogP contribution in [0.2, 0.25) is 0 Å². The van der Waals surface area contributed by atoms with E-state index in [4.69, 9.17) is 4.74 Å². The third-order valence-electron chi connectivity index (χ3n) is 4.91. The van der Waals surface area contributed by atoms with Crippen molar-refractivity contribution in [2.45, 2.75) is 39.3 Å². The number of amides is 1. The fourth-order valence-electron chi connectivity index (χ4n) is 2.90. The number of morpholine rings is 1. The van der Waals surface area contributed by atoms with Gasteiger partial charge in [-0.2, -0.15) is 0 Å². The summed E-state index contributed by atoms with van der Waals surface area (Å²) in [7, 11) is 3.50. The number of rotatable bonds is 8. The average molecular weight is 538 g/mol. The number of ether oxygens (including phenoxy) is 1. The predicted molar refractivity (Wildman–Crippen MR) is 131 cm³/mol. The number of halogens is 1. The van der Waals surface area contributed by atoms with Gasteiger partial charge in [-0.15, -0.1) is 35.3 Å². The fraction of sp³-hybridized carbons (Fsp3) is 0.700. The first-order valence-corrected chi connectivity index (χ1v) is 10.9. The smallest absolute Gasteiger partial charge is 0.243 e. The molecule has 1 amide bonds. The molecule has 0 radical (unpaired) electrons. The lowest BCUT2D eigenvalue weighted by molar-refractivity contribution is -0.127. The van der Waals surface area contributed by atoms with Gasteiger partial charge in [0.2, 0.25) is 5.91 Å². The Hall–Kier alpha value is -0.910. The molecule has 1 aromatic heterocycles. The molecule has 1 aromatic rings. The SMILES string of the molecule is CCC(C)NC(=NCC(=O)N(C)C)NCC(c1ccc(C)s1)N1CCOCC1.I. The monoisotopic (exact) mass is 537 g/mol. The van der Waals surface area contributed by atoms with Crippen molar-refractivity contribution in [1.82, 2.24) is 20.4 Å². The summed E-state index contributed by atoms with van der Waals surface area (Å²) in [5.41, 5.74) is 0. The maximum absolute atomic E-state index is 12.0. The number of hydrogen-bond donors (Lipinski definition) is 2. The van der Waals surface area contributed by atoms with Crippen LogP contribution in [-0.4, -0.2) is 81.2 Å². The Morgan fingerprint density at radius 3 is 2.59 bits per heavy atom. The molecule has 0 saturated carbocycles. The fourth-order valence-corrected chi connectivity index (χ4v) is 3.91. The molecule has 1 fully saturated rings. The molecule has 1 saturated heterocycles. The van der Waals surface area contributed by atoms with Gasteiger partial charge in [-0.1, -0.05) is 6.92 Å². The minimum absolute atomic E-state index is 0. The number of nitrogens with zero attached hydrogens (tertiary/aromatic N) is 3. The number of aryl methyl sites for hydroxylation is 1. The van der Waals surface area contributed by atoms with Crippen molar-refractivity contribution < 1.29 is 9.53 Å². The molecule has 29 heavy (non-hydrogen) atoms. The van der Waals surface area contributed by atoms with E-state index in [0.717, 1.165) is 39.3 Å². The molecule has 2 atom stereocenters. The summed E-state index contributed by atoms with van der Waals surface area (Å²) < 4.78 is 5.53. The summed E-state index contributed by atoms with van der Waals surface area (Å²) in [5.74, 6) is 0.681. The van der Waals surface area contributed by atoms with E-state index in [9.17, 15) is 4.79 Å². The van der Waals surface area contributed by atoms with Crippen LogP contribution in [0.15, 0.2) is 17.1 Å². The van der Waals surface area contributed by atoms with E-state index in [0.29, 0.717) is 5.96 Å². The lowest BCUT2D eigenvalue weighted by atomic mass is 10.2. The number of thiophene rings is 1. The van der Waals surface area contributed by atoms with Gasteiger partial charge in [0.15, 0.2) is 5.96 Å². The van der Waals surface area contributed by atoms with E-state index in [-0.39, 0.29) is 48.5 Å². The summed E-state index contributed by atoms with van der Waals surface area (Å²) in [6.45, 7) is 10.6. The van der Waals surface area contributed by atoms with E-state index in [1.54, 1.807) is 19.0 Å². The van der Waals surface area contributed by atoms with Gasteiger partial charge in [0.1, 0.15) is 6.54 Å². The topological polar surface area (TPSA) is 69.2 Å². The highest BCUT2D eigenvalue weighted by Crippen LogP contribution is 2.27. The molecular weight excluding hydrogens is 501 g/mol. The second kappa shape index (κ2) is 13.4. The van der Waals surface area contributed by atoms with Crippen LogP contribution in [0.4, 0.5) is 0 Å². The van der Waals surface area contributed by atoms with Gasteiger partial charge < -0.3 is 20.3 Å². The van der Waals surface area contributed by atoms with Gasteiger partial charge in [0, 0.05) is 49.5 Å². The summed E-state index contributed by atoms with van der Waals surface area (Å²) in [6, 6.07) is 4.94. The number of carbonyl (C=O) groups excluding carboxylic acids is 1. The molecule has 166 valence electrons. The van der Waals surface area contributed by atoms with E-state index < -0.39 is 0 Å². The second-order valence-corrected chi connectivity index (χ2v) is 8.72. The Kier molecular flexibility index (Phi) is 12.1. The van der Waals surface area contributed by atoms with Gasteiger partial charge in [-0.05, 0) is 32.4 Å². The molecule has 1 aliphatic heterocycles. The highest BCUT2D eigenvalue weighted by molar-refractivity contribution is 14.0. The minimum atomic E-state index is -0.0103. The highest BCUT2D eigenvalue weighted by Gasteiger charge is 2.24. The predicted octanol–water partition coefficient (Wildman–Crippen LogP) is 2.47. The zero-order valence-electron chi connectivity index (χ0n) is 18.2. The van der Waals surface area contributed by atoms with Crippen LogP contribution in [0.25, 0.3) is 0 Å². The number of aliphatic imine (C=N–C) groups is 1. The zero-order chi connectivity index (χ0) is 20.5. The summed E-state index contributed by atoms with van der Waals surface area (Å²) in [6.07, 6.45) is 0.985. The number of guanidine groups is 1. The van der Waals surface area contributed by atoms with Crippen LogP contribution in [-0.2, 0) is 9.53 Å². The summed E-state index contributed by atoms with van der Waals surface area (Å²) in [4.78, 5) is 23.2. The summed E-state index contributed by atoms with van der Waals surface area (Å²) in [5, 5.41) is 6.88. The van der Waals surface area contributed by atoms with Crippen LogP contribution in [0.3, 0.4) is 0 Å². The lowest BCUT2D eigenvalue weighted by Crippen LogP contribution is -2.48. The van der Waals surface area contributed by atoms with Crippen molar-refractivity contribution in [3.05, 3.63) is 21.9 Å². The van der Waals surface area contributed by atoms with Crippen molar-refractivity contribution in [2.24, 2.45) is 4.99 Å². The first-order chi connectivity index (χ1) is 13.4. The Morgan fingerprint density at radius 1 is 1.34 bits per heavy atom. The molecule has 2 unspecified atom stereocenters. The van der Waals surface area contributed by atoms with Gasteiger partial charge in [-0.3, -0.25) is 9.69 Å². The Labute approximate surface area is 196 Å². The van der Waals surface area contributed by atoms with Gasteiger partial charge in [-0.25, -0.2) is 4.99 Å². The third-order valence-corrected chi connectivity index (χ3v) is 6.01. The van der Waals surface area contributed by atoms with E-state index >= 15 is 0 Å². The molecule has 0 aliphatic carbocycles. The maximum Gasteiger partial charge on any atom is 0.243 e. The molecule has 0 bridgehead atoms. The quantitative estimate of drug-likeness (QED) is 0.303. The van der Waals surface area contributed by atoms with Crippen LogP contribution in [0.1, 0.15) is 36.1 Å². The van der Waals surface area contributed by atoms with Crippen molar-refractivity contribution in [3.8, 4) is 0 Å². The van der Waals surface area contributed by atoms with Crippen LogP contribution in [0.5, 0.6) is 0 Å². The van der Waals surface area contributed by atoms with E-state index in [1.165, 1.54) is 9.75 Å². The van der Waals surface area contributed by atoms with Crippen molar-refractivity contribution in [1.29, 1.82) is 0 Å². The highest BCUT2D eigenvalue weighted by atomic mass is 127. The molecule has 0 aromatic carbocycles. The molecule has 2 rings (SSSR count). The number of carbonyl (C=O) groups is 1. The Bertz CT molecular complexity index is 647. The van der Waals surface area contributed by atoms with Crippen molar-refractivity contribution in [2.75, 3.05) is 53.5 Å². The number of likely N-dealkylation sites (N-methyl/N-ethyl adjacent to an activating group) is 1. The number of nitrogens with one attached hydrogen (secondary N) is 2. The molecule has 9 heteroatoms. The Balaban J connectivity index is 0.00000420. The van der Waals surface area contributed by atoms with E-state index in [2.05, 4.69) is 53.4 Å². The van der Waals surface area contributed by atoms with Crippen LogP contribution >= 0.6 is 35.3 Å². The van der Waals surface area contributed by atoms with E-state index in [1.807, 2.05) is 11.3 Å². The summed E-state index contributed by atoms with van der Waals surface area (Å²) >= 11 is 1.84. The Morgan fingerprint density at radius 2 is 2.03 bits per heavy atom. The number of hydrogen-bond acceptors (Lipinski definition) is 5. The molecule has 0 spiro atoms. The average Bonchev–Trinajstić information content (AvgIpc) is 3.12. The standard InChI is InChI=1S/C20H35N5O2S.HI/c1-6-15(2)23-20(22-14-19(26)24(4)5)21-13-17(18-8-7-16(3)28-18)25-9-11-27-12-10-25;/h7-8,15,17H,6,9-14H2,1-5H3,(H2,21,22,23);1H. The normalized spacial score (nSPS) is 17.2. The first kappa shape index (κ1) is 26.1. The van der Waals surface area contributed by atoms with Crippen LogP contribution in [0, 0.1) is 6.92 Å².